The summed E-state index contributed by atoms with van der Waals surface area (Å²) in [4.78, 5) is 6.49. The van der Waals surface area contributed by atoms with E-state index in [9.17, 15) is 13.7 Å². The summed E-state index contributed by atoms with van der Waals surface area (Å²) in [5.74, 6) is 1.56. The number of aromatic nitrogens is 1. The van der Waals surface area contributed by atoms with Crippen molar-refractivity contribution in [2.24, 2.45) is 0 Å². The van der Waals surface area contributed by atoms with E-state index in [4.69, 9.17) is 9.15 Å². The normalized spacial score (nSPS) is 14.9. The first kappa shape index (κ1) is 22.8. The molecule has 33 heavy (non-hydrogen) atoms. The number of nitrogens with zero attached hydrogens (tertiary/aromatic N) is 4. The van der Waals surface area contributed by atoms with Crippen molar-refractivity contribution >= 4 is 15.9 Å². The van der Waals surface area contributed by atoms with Gasteiger partial charge in [0.2, 0.25) is 27.5 Å². The summed E-state index contributed by atoms with van der Waals surface area (Å²) in [6, 6.07) is 16.4. The van der Waals surface area contributed by atoms with E-state index in [0.717, 1.165) is 5.56 Å². The zero-order chi connectivity index (χ0) is 23.6. The molecule has 0 amide bonds. The van der Waals surface area contributed by atoms with E-state index in [2.05, 4.69) is 24.9 Å². The zero-order valence-corrected chi connectivity index (χ0v) is 19.7. The minimum Gasteiger partial charge on any atom is -0.496 e. The number of sulfonamides is 1. The van der Waals surface area contributed by atoms with Crippen molar-refractivity contribution in [1.29, 1.82) is 5.26 Å². The summed E-state index contributed by atoms with van der Waals surface area (Å²) in [6.07, 6.45) is 0. The third-order valence-electron chi connectivity index (χ3n) is 5.76. The van der Waals surface area contributed by atoms with Crippen molar-refractivity contribution in [2.45, 2.75) is 24.7 Å². The highest BCUT2D eigenvalue weighted by atomic mass is 32.2. The number of benzene rings is 2. The fourth-order valence-corrected chi connectivity index (χ4v) is 5.26. The Bertz CT molecular complexity index is 1270. The second-order valence-corrected chi connectivity index (χ2v) is 10.0. The third-order valence-corrected chi connectivity index (χ3v) is 7.68. The fourth-order valence-electron chi connectivity index (χ4n) is 3.84. The quantitative estimate of drug-likeness (QED) is 0.544. The van der Waals surface area contributed by atoms with Crippen LogP contribution >= 0.6 is 0 Å². The Morgan fingerprint density at radius 3 is 2.33 bits per heavy atom. The minimum atomic E-state index is -3.59. The van der Waals surface area contributed by atoms with Crippen LogP contribution in [0.15, 0.2) is 57.8 Å². The molecule has 1 aromatic heterocycles. The van der Waals surface area contributed by atoms with E-state index in [0.29, 0.717) is 42.1 Å². The number of rotatable bonds is 6. The Balaban J connectivity index is 1.52. The van der Waals surface area contributed by atoms with Crippen molar-refractivity contribution in [3.63, 3.8) is 0 Å². The summed E-state index contributed by atoms with van der Waals surface area (Å²) >= 11 is 0. The maximum absolute atomic E-state index is 13.1. The second kappa shape index (κ2) is 9.25. The molecule has 0 radical (unpaired) electrons. The van der Waals surface area contributed by atoms with Gasteiger partial charge in [-0.2, -0.15) is 14.6 Å². The average molecular weight is 467 g/mol. The number of anilines is 1. The first-order chi connectivity index (χ1) is 15.8. The van der Waals surface area contributed by atoms with Gasteiger partial charge in [-0.05, 0) is 35.7 Å². The summed E-state index contributed by atoms with van der Waals surface area (Å²) in [5.41, 5.74) is 1.91. The number of oxazole rings is 1. The van der Waals surface area contributed by atoms with Crippen LogP contribution < -0.4 is 9.64 Å². The van der Waals surface area contributed by atoms with E-state index >= 15 is 0 Å². The van der Waals surface area contributed by atoms with Gasteiger partial charge in [0.15, 0.2) is 0 Å². The molecule has 172 valence electrons. The maximum Gasteiger partial charge on any atom is 0.243 e. The fraction of sp³-hybridized carbons (Fsp3) is 0.333. The number of hydrogen-bond donors (Lipinski definition) is 0. The van der Waals surface area contributed by atoms with Crippen LogP contribution in [0.2, 0.25) is 0 Å². The van der Waals surface area contributed by atoms with Crippen molar-refractivity contribution in [3.05, 3.63) is 59.8 Å². The molecule has 3 aromatic rings. The standard InChI is InChI=1S/C24H26N4O4S/c1-17(2)18-8-10-19(11-9-18)33(29,30)28-14-12-27(13-15-28)24-21(16-25)26-23(32-24)20-6-4-5-7-22(20)31-3/h4-11,17H,12-15H2,1-3H3. The number of ether oxygens (including phenoxy) is 1. The van der Waals surface area contributed by atoms with Gasteiger partial charge in [0.1, 0.15) is 11.8 Å². The van der Waals surface area contributed by atoms with Gasteiger partial charge < -0.3 is 14.1 Å². The predicted octanol–water partition coefficient (Wildman–Crippen LogP) is 3.86. The lowest BCUT2D eigenvalue weighted by Crippen LogP contribution is -2.48. The molecule has 1 fully saturated rings. The van der Waals surface area contributed by atoms with Crippen LogP contribution in [-0.2, 0) is 10.0 Å². The van der Waals surface area contributed by atoms with Crippen LogP contribution in [0.1, 0.15) is 31.0 Å². The van der Waals surface area contributed by atoms with Crippen molar-refractivity contribution < 1.29 is 17.6 Å². The Hall–Kier alpha value is -3.35. The first-order valence-corrected chi connectivity index (χ1v) is 12.2. The Kier molecular flexibility index (Phi) is 6.40. The van der Waals surface area contributed by atoms with Gasteiger partial charge in [0.05, 0.1) is 17.6 Å². The predicted molar refractivity (Wildman–Crippen MR) is 125 cm³/mol. The van der Waals surface area contributed by atoms with Crippen molar-refractivity contribution in [2.75, 3.05) is 38.2 Å². The molecule has 2 aromatic carbocycles. The van der Waals surface area contributed by atoms with Gasteiger partial charge in [-0.1, -0.05) is 38.1 Å². The van der Waals surface area contributed by atoms with Gasteiger partial charge in [0, 0.05) is 26.2 Å². The van der Waals surface area contributed by atoms with Gasteiger partial charge in [-0.25, -0.2) is 8.42 Å². The molecule has 0 saturated carbocycles. The summed E-state index contributed by atoms with van der Waals surface area (Å²) in [7, 11) is -2.03. The van der Waals surface area contributed by atoms with E-state index in [1.165, 1.54) is 4.31 Å². The molecule has 2 heterocycles. The molecular formula is C24H26N4O4S. The molecule has 0 bridgehead atoms. The molecular weight excluding hydrogens is 440 g/mol. The highest BCUT2D eigenvalue weighted by molar-refractivity contribution is 7.89. The van der Waals surface area contributed by atoms with Crippen LogP contribution in [0.25, 0.3) is 11.5 Å². The van der Waals surface area contributed by atoms with Gasteiger partial charge in [0.25, 0.3) is 0 Å². The smallest absolute Gasteiger partial charge is 0.243 e. The summed E-state index contributed by atoms with van der Waals surface area (Å²) in [6.45, 7) is 5.48. The van der Waals surface area contributed by atoms with Gasteiger partial charge in [-0.3, -0.25) is 0 Å². The number of nitriles is 1. The number of methoxy groups -OCH3 is 1. The van der Waals surface area contributed by atoms with Crippen molar-refractivity contribution in [3.8, 4) is 23.3 Å². The third kappa shape index (κ3) is 4.45. The number of hydrogen-bond acceptors (Lipinski definition) is 7. The van der Waals surface area contributed by atoms with E-state index in [-0.39, 0.29) is 23.7 Å². The topological polar surface area (TPSA) is 99.7 Å². The molecule has 1 aliphatic rings. The lowest BCUT2D eigenvalue weighted by Gasteiger charge is -2.33. The largest absolute Gasteiger partial charge is 0.496 e. The van der Waals surface area contributed by atoms with E-state index < -0.39 is 10.0 Å². The second-order valence-electron chi connectivity index (χ2n) is 8.10. The first-order valence-electron chi connectivity index (χ1n) is 10.7. The highest BCUT2D eigenvalue weighted by Gasteiger charge is 2.31. The molecule has 9 heteroatoms. The molecule has 0 aliphatic carbocycles. The van der Waals surface area contributed by atoms with Crippen LogP contribution in [0.3, 0.4) is 0 Å². The van der Waals surface area contributed by atoms with Gasteiger partial charge in [-0.15, -0.1) is 0 Å². The van der Waals surface area contributed by atoms with E-state index in [1.54, 1.807) is 25.3 Å². The maximum atomic E-state index is 13.1. The number of piperazine rings is 1. The highest BCUT2D eigenvalue weighted by Crippen LogP contribution is 2.34. The summed E-state index contributed by atoms with van der Waals surface area (Å²) in [5, 5.41) is 9.59. The zero-order valence-electron chi connectivity index (χ0n) is 18.9. The van der Waals surface area contributed by atoms with Crippen LogP contribution in [-0.4, -0.2) is 51.0 Å². The molecule has 0 atom stereocenters. The lowest BCUT2D eigenvalue weighted by atomic mass is 10.0. The SMILES string of the molecule is COc1ccccc1-c1nc(C#N)c(N2CCN(S(=O)(=O)c3ccc(C(C)C)cc3)CC2)o1. The average Bonchev–Trinajstić information content (AvgIpc) is 3.28. The van der Waals surface area contributed by atoms with Crippen molar-refractivity contribution in [1.82, 2.24) is 9.29 Å². The Morgan fingerprint density at radius 2 is 1.73 bits per heavy atom. The molecule has 1 aliphatic heterocycles. The molecule has 4 rings (SSSR count). The van der Waals surface area contributed by atoms with Gasteiger partial charge >= 0.3 is 0 Å². The van der Waals surface area contributed by atoms with E-state index in [1.807, 2.05) is 35.2 Å². The Morgan fingerprint density at radius 1 is 1.06 bits per heavy atom. The Labute approximate surface area is 194 Å². The molecule has 8 nitrogen and oxygen atoms in total. The molecule has 0 unspecified atom stereocenters. The van der Waals surface area contributed by atoms with Crippen LogP contribution in [0, 0.1) is 11.3 Å². The molecule has 0 spiro atoms. The number of para-hydroxylation sites is 1. The minimum absolute atomic E-state index is 0.163. The van der Waals surface area contributed by atoms with Crippen LogP contribution in [0.5, 0.6) is 5.75 Å². The summed E-state index contributed by atoms with van der Waals surface area (Å²) < 4.78 is 39.0. The molecule has 1 saturated heterocycles. The molecule has 0 N–H and O–H groups in total. The monoisotopic (exact) mass is 466 g/mol. The lowest BCUT2D eigenvalue weighted by molar-refractivity contribution is 0.374. The van der Waals surface area contributed by atoms with Crippen LogP contribution in [0.4, 0.5) is 5.88 Å².